The van der Waals surface area contributed by atoms with Crippen LogP contribution in [0.5, 0.6) is 5.75 Å². The Hall–Kier alpha value is -3.28. The molecule has 0 aliphatic rings. The molecule has 3 aromatic rings. The molecule has 28 heavy (non-hydrogen) atoms. The fourth-order valence-corrected chi connectivity index (χ4v) is 2.92. The third-order valence-electron chi connectivity index (χ3n) is 4.09. The number of ether oxygens (including phenoxy) is 1. The molecular weight excluding hydrogens is 356 g/mol. The minimum absolute atomic E-state index is 0.0598. The van der Waals surface area contributed by atoms with Gasteiger partial charge in [0.2, 0.25) is 11.7 Å². The minimum atomic E-state index is -0.455. The van der Waals surface area contributed by atoms with Crippen molar-refractivity contribution in [2.75, 3.05) is 17.2 Å². The summed E-state index contributed by atoms with van der Waals surface area (Å²) in [5.41, 5.74) is 1.45. The molecule has 0 bridgehead atoms. The molecule has 0 atom stereocenters. The highest BCUT2D eigenvalue weighted by molar-refractivity contribution is 6.14. The maximum atomic E-state index is 13.0. The number of amides is 2. The lowest BCUT2D eigenvalue weighted by Gasteiger charge is -2.11. The maximum absolute atomic E-state index is 13.0. The largest absolute Gasteiger partial charge is 0.492 e. The van der Waals surface area contributed by atoms with Crippen molar-refractivity contribution in [2.24, 2.45) is 5.92 Å². The van der Waals surface area contributed by atoms with Gasteiger partial charge in [0.1, 0.15) is 17.0 Å². The van der Waals surface area contributed by atoms with E-state index in [0.29, 0.717) is 41.1 Å². The van der Waals surface area contributed by atoms with Gasteiger partial charge in [-0.2, -0.15) is 0 Å². The second kappa shape index (κ2) is 8.61. The average molecular weight is 380 g/mol. The van der Waals surface area contributed by atoms with Crippen molar-refractivity contribution < 1.29 is 18.7 Å². The lowest BCUT2D eigenvalue weighted by atomic mass is 10.1. The number of anilines is 2. The second-order valence-electron chi connectivity index (χ2n) is 6.83. The molecule has 1 heterocycles. The molecule has 0 radical (unpaired) electrons. The molecule has 0 spiro atoms. The van der Waals surface area contributed by atoms with Gasteiger partial charge < -0.3 is 19.8 Å². The summed E-state index contributed by atoms with van der Waals surface area (Å²) in [4.78, 5) is 25.3. The molecule has 0 saturated heterocycles. The standard InChI is InChI=1S/C22H24N2O4/c1-4-27-18-12-8-6-10-16(18)23-22(26)21-20(24-19(25)13-14(2)3)15-9-5-7-11-17(15)28-21/h5-12,14H,4,13H2,1-3H3,(H,23,26)(H,24,25). The van der Waals surface area contributed by atoms with Crippen molar-refractivity contribution in [1.82, 2.24) is 0 Å². The monoisotopic (exact) mass is 380 g/mol. The van der Waals surface area contributed by atoms with Crippen molar-refractivity contribution >= 4 is 34.2 Å². The number of fused-ring (bicyclic) bond motifs is 1. The topological polar surface area (TPSA) is 80.6 Å². The van der Waals surface area contributed by atoms with E-state index in [1.807, 2.05) is 51.1 Å². The number of carbonyl (C=O) groups excluding carboxylic acids is 2. The maximum Gasteiger partial charge on any atom is 0.293 e. The van der Waals surface area contributed by atoms with Crippen molar-refractivity contribution in [3.8, 4) is 5.75 Å². The van der Waals surface area contributed by atoms with Crippen molar-refractivity contribution in [2.45, 2.75) is 27.2 Å². The number of para-hydroxylation sites is 3. The Balaban J connectivity index is 1.94. The van der Waals surface area contributed by atoms with Gasteiger partial charge in [-0.1, -0.05) is 38.1 Å². The Labute approximate surface area is 163 Å². The molecule has 2 amide bonds. The average Bonchev–Trinajstić information content (AvgIpc) is 3.01. The van der Waals surface area contributed by atoms with Gasteiger partial charge in [0.05, 0.1) is 12.3 Å². The van der Waals surface area contributed by atoms with Gasteiger partial charge in [0.15, 0.2) is 0 Å². The molecule has 0 aliphatic heterocycles. The Morgan fingerprint density at radius 1 is 1.04 bits per heavy atom. The summed E-state index contributed by atoms with van der Waals surface area (Å²) in [7, 11) is 0. The molecule has 2 aromatic carbocycles. The van der Waals surface area contributed by atoms with E-state index in [-0.39, 0.29) is 17.6 Å². The van der Waals surface area contributed by atoms with E-state index in [9.17, 15) is 9.59 Å². The van der Waals surface area contributed by atoms with Gasteiger partial charge in [-0.3, -0.25) is 9.59 Å². The van der Waals surface area contributed by atoms with Crippen LogP contribution in [0.15, 0.2) is 52.9 Å². The van der Waals surface area contributed by atoms with Crippen LogP contribution in [0.2, 0.25) is 0 Å². The van der Waals surface area contributed by atoms with Crippen LogP contribution >= 0.6 is 0 Å². The summed E-state index contributed by atoms with van der Waals surface area (Å²) in [6.07, 6.45) is 0.355. The van der Waals surface area contributed by atoms with E-state index >= 15 is 0 Å². The Kier molecular flexibility index (Phi) is 5.99. The predicted molar refractivity (Wildman–Crippen MR) is 110 cm³/mol. The smallest absolute Gasteiger partial charge is 0.293 e. The summed E-state index contributed by atoms with van der Waals surface area (Å²) in [6.45, 7) is 6.28. The van der Waals surface area contributed by atoms with Gasteiger partial charge in [-0.25, -0.2) is 0 Å². The van der Waals surface area contributed by atoms with Crippen molar-refractivity contribution in [1.29, 1.82) is 0 Å². The molecule has 1 aromatic heterocycles. The number of hydrogen-bond acceptors (Lipinski definition) is 4. The van der Waals surface area contributed by atoms with Crippen LogP contribution in [0, 0.1) is 5.92 Å². The van der Waals surface area contributed by atoms with E-state index in [1.54, 1.807) is 18.2 Å². The number of carbonyl (C=O) groups is 2. The number of rotatable bonds is 7. The summed E-state index contributed by atoms with van der Waals surface area (Å²) in [5.74, 6) is 0.214. The Morgan fingerprint density at radius 3 is 2.50 bits per heavy atom. The Morgan fingerprint density at radius 2 is 1.75 bits per heavy atom. The van der Waals surface area contributed by atoms with Crippen molar-refractivity contribution in [3.63, 3.8) is 0 Å². The lowest BCUT2D eigenvalue weighted by molar-refractivity contribution is -0.116. The van der Waals surface area contributed by atoms with Crippen LogP contribution in [-0.2, 0) is 4.79 Å². The molecule has 0 fully saturated rings. The zero-order valence-corrected chi connectivity index (χ0v) is 16.2. The highest BCUT2D eigenvalue weighted by Crippen LogP contribution is 2.33. The first-order valence-corrected chi connectivity index (χ1v) is 9.34. The van der Waals surface area contributed by atoms with Crippen LogP contribution in [0.25, 0.3) is 11.0 Å². The normalized spacial score (nSPS) is 10.9. The quantitative estimate of drug-likeness (QED) is 0.600. The van der Waals surface area contributed by atoms with Crippen molar-refractivity contribution in [3.05, 3.63) is 54.3 Å². The number of hydrogen-bond donors (Lipinski definition) is 2. The SMILES string of the molecule is CCOc1ccccc1NC(=O)c1oc2ccccc2c1NC(=O)CC(C)C. The predicted octanol–water partition coefficient (Wildman–Crippen LogP) is 5.07. The highest BCUT2D eigenvalue weighted by Gasteiger charge is 2.23. The molecular formula is C22H24N2O4. The lowest BCUT2D eigenvalue weighted by Crippen LogP contribution is -2.18. The van der Waals surface area contributed by atoms with E-state index in [0.717, 1.165) is 0 Å². The fraction of sp³-hybridized carbons (Fsp3) is 0.273. The molecule has 2 N–H and O–H groups in total. The Bertz CT molecular complexity index is 991. The van der Waals surface area contributed by atoms with Gasteiger partial charge in [0.25, 0.3) is 5.91 Å². The first-order chi connectivity index (χ1) is 13.5. The fourth-order valence-electron chi connectivity index (χ4n) is 2.92. The van der Waals surface area contributed by atoms with Gasteiger partial charge >= 0.3 is 0 Å². The molecule has 146 valence electrons. The van der Waals surface area contributed by atoms with Crippen LogP contribution < -0.4 is 15.4 Å². The molecule has 0 saturated carbocycles. The van der Waals surface area contributed by atoms with Gasteiger partial charge in [-0.05, 0) is 37.1 Å². The first kappa shape index (κ1) is 19.5. The summed E-state index contributed by atoms with van der Waals surface area (Å²) in [5, 5.41) is 6.35. The molecule has 6 heteroatoms. The van der Waals surface area contributed by atoms with E-state index in [2.05, 4.69) is 10.6 Å². The number of furan rings is 1. The van der Waals surface area contributed by atoms with Crippen LogP contribution in [0.1, 0.15) is 37.7 Å². The van der Waals surface area contributed by atoms with E-state index < -0.39 is 5.91 Å². The summed E-state index contributed by atoms with van der Waals surface area (Å²) in [6, 6.07) is 14.4. The van der Waals surface area contributed by atoms with Crippen LogP contribution in [0.4, 0.5) is 11.4 Å². The summed E-state index contributed by atoms with van der Waals surface area (Å²) >= 11 is 0. The zero-order valence-electron chi connectivity index (χ0n) is 16.2. The first-order valence-electron chi connectivity index (χ1n) is 9.34. The second-order valence-corrected chi connectivity index (χ2v) is 6.83. The number of nitrogens with one attached hydrogen (secondary N) is 2. The minimum Gasteiger partial charge on any atom is -0.492 e. The number of benzene rings is 2. The molecule has 0 aliphatic carbocycles. The zero-order chi connectivity index (χ0) is 20.1. The summed E-state index contributed by atoms with van der Waals surface area (Å²) < 4.78 is 11.3. The van der Waals surface area contributed by atoms with E-state index in [1.165, 1.54) is 0 Å². The van der Waals surface area contributed by atoms with Crippen LogP contribution in [-0.4, -0.2) is 18.4 Å². The van der Waals surface area contributed by atoms with Crippen LogP contribution in [0.3, 0.4) is 0 Å². The third kappa shape index (κ3) is 4.34. The van der Waals surface area contributed by atoms with E-state index in [4.69, 9.17) is 9.15 Å². The molecule has 3 rings (SSSR count). The van der Waals surface area contributed by atoms with Gasteiger partial charge in [0, 0.05) is 11.8 Å². The molecule has 0 unspecified atom stereocenters. The van der Waals surface area contributed by atoms with Gasteiger partial charge in [-0.15, -0.1) is 0 Å². The third-order valence-corrected chi connectivity index (χ3v) is 4.09. The molecule has 6 nitrogen and oxygen atoms in total. The highest BCUT2D eigenvalue weighted by atomic mass is 16.5.